The van der Waals surface area contributed by atoms with Crippen LogP contribution in [-0.4, -0.2) is 5.91 Å². The number of rotatable bonds is 5. The molecular formula is C17H27NO. The number of anilines is 1. The molecule has 1 amide bonds. The molecule has 2 heteroatoms. The van der Waals surface area contributed by atoms with Gasteiger partial charge in [-0.1, -0.05) is 46.2 Å². The highest BCUT2D eigenvalue weighted by atomic mass is 16.1. The van der Waals surface area contributed by atoms with E-state index in [0.29, 0.717) is 6.42 Å². The van der Waals surface area contributed by atoms with E-state index in [1.807, 2.05) is 0 Å². The zero-order valence-corrected chi connectivity index (χ0v) is 13.0. The van der Waals surface area contributed by atoms with Crippen LogP contribution in [0.4, 0.5) is 5.69 Å². The van der Waals surface area contributed by atoms with Gasteiger partial charge in [0.25, 0.3) is 0 Å². The molecule has 0 atom stereocenters. The van der Waals surface area contributed by atoms with Crippen LogP contribution >= 0.6 is 0 Å². The smallest absolute Gasteiger partial charge is 0.224 e. The highest BCUT2D eigenvalue weighted by Crippen LogP contribution is 2.23. The van der Waals surface area contributed by atoms with Crippen molar-refractivity contribution in [1.29, 1.82) is 0 Å². The van der Waals surface area contributed by atoms with Crippen LogP contribution in [0.5, 0.6) is 0 Å². The zero-order valence-electron chi connectivity index (χ0n) is 13.0. The Hall–Kier alpha value is -1.31. The first-order chi connectivity index (χ1) is 8.81. The third-order valence-corrected chi connectivity index (χ3v) is 3.03. The Morgan fingerprint density at radius 2 is 1.95 bits per heavy atom. The summed E-state index contributed by atoms with van der Waals surface area (Å²) in [6.45, 7) is 10.5. The van der Waals surface area contributed by atoms with Gasteiger partial charge in [0.05, 0.1) is 0 Å². The Morgan fingerprint density at radius 1 is 1.26 bits per heavy atom. The van der Waals surface area contributed by atoms with Crippen molar-refractivity contribution >= 4 is 11.6 Å². The van der Waals surface area contributed by atoms with Crippen LogP contribution in [0, 0.1) is 12.3 Å². The normalized spacial score (nSPS) is 11.4. The number of benzene rings is 1. The van der Waals surface area contributed by atoms with Gasteiger partial charge in [-0.25, -0.2) is 0 Å². The van der Waals surface area contributed by atoms with Gasteiger partial charge >= 0.3 is 0 Å². The molecule has 0 saturated carbocycles. The van der Waals surface area contributed by atoms with Crippen molar-refractivity contribution in [1.82, 2.24) is 0 Å². The number of aryl methyl sites for hydroxylation is 2. The minimum atomic E-state index is 0.0253. The summed E-state index contributed by atoms with van der Waals surface area (Å²) in [5.41, 5.74) is 3.45. The van der Waals surface area contributed by atoms with Crippen LogP contribution in [0.1, 0.15) is 58.1 Å². The SMILES string of the molecule is CCCCc1ccc(C)cc1NC(=O)CC(C)(C)C. The van der Waals surface area contributed by atoms with Crippen LogP contribution in [0.3, 0.4) is 0 Å². The predicted octanol–water partition coefficient (Wildman–Crippen LogP) is 4.71. The first kappa shape index (κ1) is 15.7. The van der Waals surface area contributed by atoms with E-state index in [1.54, 1.807) is 0 Å². The number of hydrogen-bond donors (Lipinski definition) is 1. The number of carbonyl (C=O) groups excluding carboxylic acids is 1. The molecular weight excluding hydrogens is 234 g/mol. The molecule has 0 heterocycles. The fraction of sp³-hybridized carbons (Fsp3) is 0.588. The molecule has 1 rings (SSSR count). The summed E-state index contributed by atoms with van der Waals surface area (Å²) < 4.78 is 0. The summed E-state index contributed by atoms with van der Waals surface area (Å²) in [5.74, 6) is 0.107. The topological polar surface area (TPSA) is 29.1 Å². The molecule has 1 aromatic carbocycles. The van der Waals surface area contributed by atoms with Gasteiger partial charge in [0.2, 0.25) is 5.91 Å². The Balaban J connectivity index is 2.80. The molecule has 0 unspecified atom stereocenters. The lowest BCUT2D eigenvalue weighted by molar-refractivity contribution is -0.117. The van der Waals surface area contributed by atoms with Crippen LogP contribution in [0.15, 0.2) is 18.2 Å². The Bertz CT molecular complexity index is 429. The molecule has 0 saturated heterocycles. The van der Waals surface area contributed by atoms with E-state index in [2.05, 4.69) is 58.1 Å². The molecule has 0 aliphatic heterocycles. The molecule has 0 aliphatic carbocycles. The van der Waals surface area contributed by atoms with Gasteiger partial charge in [-0.3, -0.25) is 4.79 Å². The predicted molar refractivity (Wildman–Crippen MR) is 82.5 cm³/mol. The lowest BCUT2D eigenvalue weighted by atomic mass is 9.92. The van der Waals surface area contributed by atoms with Crippen molar-refractivity contribution in [3.05, 3.63) is 29.3 Å². The van der Waals surface area contributed by atoms with Crippen LogP contribution in [0.2, 0.25) is 0 Å². The minimum absolute atomic E-state index is 0.0253. The highest BCUT2D eigenvalue weighted by Gasteiger charge is 2.16. The van der Waals surface area contributed by atoms with E-state index in [9.17, 15) is 4.79 Å². The summed E-state index contributed by atoms with van der Waals surface area (Å²) in [6, 6.07) is 6.33. The van der Waals surface area contributed by atoms with E-state index in [-0.39, 0.29) is 11.3 Å². The highest BCUT2D eigenvalue weighted by molar-refractivity contribution is 5.92. The number of carbonyl (C=O) groups is 1. The monoisotopic (exact) mass is 261 g/mol. The molecule has 0 spiro atoms. The Kier molecular flexibility index (Phi) is 5.59. The third-order valence-electron chi connectivity index (χ3n) is 3.03. The molecule has 106 valence electrons. The van der Waals surface area contributed by atoms with E-state index >= 15 is 0 Å². The molecule has 0 aliphatic rings. The van der Waals surface area contributed by atoms with Gasteiger partial charge in [0.1, 0.15) is 0 Å². The maximum absolute atomic E-state index is 12.1. The largest absolute Gasteiger partial charge is 0.326 e. The second-order valence-corrected chi connectivity index (χ2v) is 6.55. The first-order valence-corrected chi connectivity index (χ1v) is 7.21. The number of hydrogen-bond acceptors (Lipinski definition) is 1. The first-order valence-electron chi connectivity index (χ1n) is 7.21. The van der Waals surface area contributed by atoms with Gasteiger partial charge in [-0.15, -0.1) is 0 Å². The second-order valence-electron chi connectivity index (χ2n) is 6.55. The standard InChI is InChI=1S/C17H27NO/c1-6-7-8-14-10-9-13(2)11-15(14)18-16(19)12-17(3,4)5/h9-11H,6-8,12H2,1-5H3,(H,18,19). The van der Waals surface area contributed by atoms with Crippen molar-refractivity contribution in [2.75, 3.05) is 5.32 Å². The Labute approximate surface area is 117 Å². The van der Waals surface area contributed by atoms with E-state index in [0.717, 1.165) is 18.5 Å². The maximum atomic E-state index is 12.1. The molecule has 2 nitrogen and oxygen atoms in total. The molecule has 0 aromatic heterocycles. The average Bonchev–Trinajstić information content (AvgIpc) is 2.25. The van der Waals surface area contributed by atoms with Gasteiger partial charge in [0.15, 0.2) is 0 Å². The molecule has 19 heavy (non-hydrogen) atoms. The number of nitrogens with one attached hydrogen (secondary N) is 1. The zero-order chi connectivity index (χ0) is 14.5. The molecule has 0 fully saturated rings. The van der Waals surface area contributed by atoms with Gasteiger partial charge in [-0.05, 0) is 42.4 Å². The van der Waals surface area contributed by atoms with E-state index in [4.69, 9.17) is 0 Å². The lowest BCUT2D eigenvalue weighted by Gasteiger charge is -2.18. The van der Waals surface area contributed by atoms with Gasteiger partial charge < -0.3 is 5.32 Å². The van der Waals surface area contributed by atoms with Crippen LogP contribution in [-0.2, 0) is 11.2 Å². The van der Waals surface area contributed by atoms with E-state index < -0.39 is 0 Å². The summed E-state index contributed by atoms with van der Waals surface area (Å²) >= 11 is 0. The van der Waals surface area contributed by atoms with Crippen LogP contribution in [0.25, 0.3) is 0 Å². The fourth-order valence-electron chi connectivity index (χ4n) is 2.07. The fourth-order valence-corrected chi connectivity index (χ4v) is 2.07. The summed E-state index contributed by atoms with van der Waals surface area (Å²) in [7, 11) is 0. The lowest BCUT2D eigenvalue weighted by Crippen LogP contribution is -2.20. The van der Waals surface area contributed by atoms with Gasteiger partial charge in [-0.2, -0.15) is 0 Å². The van der Waals surface area contributed by atoms with Crippen molar-refractivity contribution in [2.45, 2.75) is 60.3 Å². The minimum Gasteiger partial charge on any atom is -0.326 e. The van der Waals surface area contributed by atoms with E-state index in [1.165, 1.54) is 17.5 Å². The molecule has 1 aromatic rings. The quantitative estimate of drug-likeness (QED) is 0.817. The average molecular weight is 261 g/mol. The van der Waals surface area contributed by atoms with Crippen LogP contribution < -0.4 is 5.32 Å². The molecule has 1 N–H and O–H groups in total. The molecule has 0 bridgehead atoms. The molecule has 0 radical (unpaired) electrons. The summed E-state index contributed by atoms with van der Waals surface area (Å²) in [4.78, 5) is 12.1. The van der Waals surface area contributed by atoms with Crippen molar-refractivity contribution in [3.8, 4) is 0 Å². The summed E-state index contributed by atoms with van der Waals surface area (Å²) in [5, 5.41) is 3.08. The Morgan fingerprint density at radius 3 is 2.53 bits per heavy atom. The van der Waals surface area contributed by atoms with Crippen molar-refractivity contribution in [3.63, 3.8) is 0 Å². The second kappa shape index (κ2) is 6.74. The maximum Gasteiger partial charge on any atom is 0.224 e. The van der Waals surface area contributed by atoms with Crippen molar-refractivity contribution in [2.24, 2.45) is 5.41 Å². The summed E-state index contributed by atoms with van der Waals surface area (Å²) in [6.07, 6.45) is 3.91. The number of amides is 1. The van der Waals surface area contributed by atoms with Gasteiger partial charge in [0, 0.05) is 12.1 Å². The third kappa shape index (κ3) is 5.91. The van der Waals surface area contributed by atoms with Crippen molar-refractivity contribution < 1.29 is 4.79 Å². The number of unbranched alkanes of at least 4 members (excludes halogenated alkanes) is 1.